The first-order valence-electron chi connectivity index (χ1n) is 12.1. The van der Waals surface area contributed by atoms with Crippen LogP contribution < -0.4 is 15.6 Å². The second-order valence-electron chi connectivity index (χ2n) is 9.00. The maximum atomic E-state index is 13.8. The lowest BCUT2D eigenvalue weighted by Gasteiger charge is -2.25. The number of anilines is 1. The molecule has 0 saturated carbocycles. The number of hydrazine groups is 1. The summed E-state index contributed by atoms with van der Waals surface area (Å²) in [5, 5.41) is 2.11. The van der Waals surface area contributed by atoms with Gasteiger partial charge in [-0.3, -0.25) is 5.43 Å². The van der Waals surface area contributed by atoms with Gasteiger partial charge in [-0.25, -0.2) is 20.0 Å². The van der Waals surface area contributed by atoms with E-state index in [9.17, 15) is 9.59 Å². The highest BCUT2D eigenvalue weighted by atomic mass is 16.6. The molecular weight excluding hydrogens is 482 g/mol. The number of fused-ring (bicyclic) bond motifs is 1. The first-order chi connectivity index (χ1) is 18.4. The van der Waals surface area contributed by atoms with Gasteiger partial charge in [0.25, 0.3) is 0 Å². The number of cyclic esters (lactones) is 1. The van der Waals surface area contributed by atoms with Gasteiger partial charge in [-0.05, 0) is 53.1 Å². The lowest BCUT2D eigenvalue weighted by Crippen LogP contribution is -2.34. The third kappa shape index (κ3) is 4.64. The van der Waals surface area contributed by atoms with Gasteiger partial charge in [0.15, 0.2) is 5.54 Å². The molecule has 4 aromatic rings. The van der Waals surface area contributed by atoms with E-state index in [2.05, 4.69) is 15.6 Å². The molecule has 38 heavy (non-hydrogen) atoms. The number of benzene rings is 4. The summed E-state index contributed by atoms with van der Waals surface area (Å²) in [6.07, 6.45) is -0.380. The van der Waals surface area contributed by atoms with E-state index < -0.39 is 17.6 Å². The molecule has 4 aromatic carbocycles. The van der Waals surface area contributed by atoms with Crippen LogP contribution in [0.3, 0.4) is 0 Å². The molecule has 192 valence electrons. The van der Waals surface area contributed by atoms with Gasteiger partial charge in [-0.15, -0.1) is 0 Å². The Hall–Kier alpha value is -4.85. The predicted octanol–water partition coefficient (Wildman–Crippen LogP) is 5.28. The molecular formula is C30H27N3O5. The van der Waals surface area contributed by atoms with Gasteiger partial charge in [0.2, 0.25) is 5.90 Å². The fourth-order valence-corrected chi connectivity index (χ4v) is 4.57. The molecule has 8 nitrogen and oxygen atoms in total. The average Bonchev–Trinajstić information content (AvgIpc) is 3.28. The Morgan fingerprint density at radius 3 is 2.50 bits per heavy atom. The number of nitrogens with zero attached hydrogens (tertiary/aromatic N) is 1. The van der Waals surface area contributed by atoms with E-state index in [1.54, 1.807) is 18.2 Å². The highest BCUT2D eigenvalue weighted by Crippen LogP contribution is 2.41. The Balaban J connectivity index is 1.63. The number of esters is 1. The largest absolute Gasteiger partial charge is 0.495 e. The highest BCUT2D eigenvalue weighted by Gasteiger charge is 2.48. The lowest BCUT2D eigenvalue weighted by molar-refractivity contribution is -0.139. The fraction of sp³-hybridized carbons (Fsp3) is 0.167. The summed E-state index contributed by atoms with van der Waals surface area (Å²) in [5.74, 6) is 0.197. The van der Waals surface area contributed by atoms with Crippen molar-refractivity contribution in [3.8, 4) is 5.75 Å². The van der Waals surface area contributed by atoms with Gasteiger partial charge in [0.05, 0.1) is 19.9 Å². The van der Waals surface area contributed by atoms with Crippen LogP contribution in [0.15, 0.2) is 89.9 Å². The number of carbonyl (C=O) groups excluding carboxylic acids is 2. The molecule has 8 heteroatoms. The molecule has 0 saturated heterocycles. The third-order valence-electron chi connectivity index (χ3n) is 6.61. The van der Waals surface area contributed by atoms with E-state index in [1.807, 2.05) is 73.7 Å². The Kier molecular flexibility index (Phi) is 6.70. The summed E-state index contributed by atoms with van der Waals surface area (Å²) in [6.45, 7) is 1.99. The van der Waals surface area contributed by atoms with Crippen LogP contribution in [0.5, 0.6) is 5.75 Å². The number of hydrogen-bond acceptors (Lipinski definition) is 7. The van der Waals surface area contributed by atoms with E-state index in [-0.39, 0.29) is 12.3 Å². The van der Waals surface area contributed by atoms with Gasteiger partial charge in [-0.1, -0.05) is 66.2 Å². The van der Waals surface area contributed by atoms with Crippen LogP contribution in [-0.4, -0.2) is 32.2 Å². The van der Waals surface area contributed by atoms with Crippen molar-refractivity contribution in [3.05, 3.63) is 107 Å². The van der Waals surface area contributed by atoms with Crippen molar-refractivity contribution in [2.45, 2.75) is 18.9 Å². The number of hydrogen-bond donors (Lipinski definition) is 2. The number of aryl methyl sites for hydroxylation is 1. The van der Waals surface area contributed by atoms with Crippen molar-refractivity contribution in [2.75, 3.05) is 19.6 Å². The quantitative estimate of drug-likeness (QED) is 0.260. The third-order valence-corrected chi connectivity index (χ3v) is 6.61. The van der Waals surface area contributed by atoms with Crippen LogP contribution in [0.1, 0.15) is 22.3 Å². The van der Waals surface area contributed by atoms with Crippen LogP contribution >= 0.6 is 0 Å². The lowest BCUT2D eigenvalue weighted by atomic mass is 9.83. The first kappa shape index (κ1) is 24.8. The highest BCUT2D eigenvalue weighted by molar-refractivity contribution is 6.08. The number of aliphatic imine (C=N–C) groups is 1. The van der Waals surface area contributed by atoms with E-state index in [1.165, 1.54) is 14.2 Å². The number of nitrogens with one attached hydrogen (secondary N) is 2. The molecule has 1 atom stereocenters. The molecule has 1 aliphatic heterocycles. The molecule has 5 rings (SSSR count). The molecule has 1 heterocycles. The molecule has 0 spiro atoms. The summed E-state index contributed by atoms with van der Waals surface area (Å²) in [7, 11) is 2.78. The Bertz CT molecular complexity index is 1540. The van der Waals surface area contributed by atoms with Crippen molar-refractivity contribution in [2.24, 2.45) is 4.99 Å². The van der Waals surface area contributed by atoms with Gasteiger partial charge in [-0.2, -0.15) is 0 Å². The minimum Gasteiger partial charge on any atom is -0.495 e. The monoisotopic (exact) mass is 509 g/mol. The normalized spacial score (nSPS) is 16.5. The number of carbonyl (C=O) groups is 2. The van der Waals surface area contributed by atoms with Gasteiger partial charge in [0, 0.05) is 12.0 Å². The van der Waals surface area contributed by atoms with Crippen LogP contribution in [0.25, 0.3) is 10.8 Å². The zero-order chi connectivity index (χ0) is 26.7. The van der Waals surface area contributed by atoms with E-state index in [4.69, 9.17) is 14.5 Å². The van der Waals surface area contributed by atoms with E-state index in [0.29, 0.717) is 17.0 Å². The van der Waals surface area contributed by atoms with Crippen LogP contribution in [0.2, 0.25) is 0 Å². The smallest absolute Gasteiger partial charge is 0.425 e. The molecule has 0 unspecified atom stereocenters. The zero-order valence-corrected chi connectivity index (χ0v) is 21.3. The maximum Gasteiger partial charge on any atom is 0.425 e. The topological polar surface area (TPSA) is 98.3 Å². The molecule has 0 radical (unpaired) electrons. The standard InChI is InChI=1S/C30H27N3O5/c1-19-11-13-21(14-12-19)27-31-30(28(34)38-27,18-22-9-6-8-20-7-4-5-10-24(20)22)23-15-16-25(26(17-23)36-2)32-33-29(35)37-3/h4-17,32H,18H2,1-3H3,(H,33,35)/t30-/m1/s1. The summed E-state index contributed by atoms with van der Waals surface area (Å²) in [6, 6.07) is 27.0. The summed E-state index contributed by atoms with van der Waals surface area (Å²) in [5.41, 5.74) is 7.68. The van der Waals surface area contributed by atoms with Crippen molar-refractivity contribution in [1.29, 1.82) is 0 Å². The number of methoxy groups -OCH3 is 2. The number of ether oxygens (including phenoxy) is 3. The molecule has 0 bridgehead atoms. The van der Waals surface area contributed by atoms with Crippen LogP contribution in [-0.2, 0) is 26.2 Å². The number of amides is 1. The second-order valence-corrected chi connectivity index (χ2v) is 9.00. The first-order valence-corrected chi connectivity index (χ1v) is 12.1. The Labute approximate surface area is 220 Å². The minimum atomic E-state index is -1.36. The van der Waals surface area contributed by atoms with Gasteiger partial charge in [0.1, 0.15) is 5.75 Å². The molecule has 0 fully saturated rings. The van der Waals surface area contributed by atoms with E-state index >= 15 is 0 Å². The van der Waals surface area contributed by atoms with Gasteiger partial charge < -0.3 is 14.2 Å². The molecule has 0 aromatic heterocycles. The minimum absolute atomic E-state index is 0.267. The van der Waals surface area contributed by atoms with Crippen LogP contribution in [0.4, 0.5) is 10.5 Å². The molecule has 2 N–H and O–H groups in total. The van der Waals surface area contributed by atoms with Crippen molar-refractivity contribution < 1.29 is 23.8 Å². The molecule has 1 aliphatic rings. The van der Waals surface area contributed by atoms with Crippen molar-refractivity contribution >= 4 is 34.4 Å². The van der Waals surface area contributed by atoms with Gasteiger partial charge >= 0.3 is 12.1 Å². The van der Waals surface area contributed by atoms with Crippen molar-refractivity contribution in [1.82, 2.24) is 5.43 Å². The Morgan fingerprint density at radius 1 is 0.974 bits per heavy atom. The van der Waals surface area contributed by atoms with Crippen molar-refractivity contribution in [3.63, 3.8) is 0 Å². The Morgan fingerprint density at radius 2 is 1.74 bits per heavy atom. The molecule has 1 amide bonds. The average molecular weight is 510 g/mol. The fourth-order valence-electron chi connectivity index (χ4n) is 4.57. The zero-order valence-electron chi connectivity index (χ0n) is 21.3. The second kappa shape index (κ2) is 10.3. The molecule has 0 aliphatic carbocycles. The van der Waals surface area contributed by atoms with Crippen LogP contribution in [0, 0.1) is 6.92 Å². The number of rotatable bonds is 7. The van der Waals surface area contributed by atoms with E-state index in [0.717, 1.165) is 27.5 Å². The summed E-state index contributed by atoms with van der Waals surface area (Å²) >= 11 is 0. The summed E-state index contributed by atoms with van der Waals surface area (Å²) < 4.78 is 16.0. The maximum absolute atomic E-state index is 13.8. The summed E-state index contributed by atoms with van der Waals surface area (Å²) in [4.78, 5) is 30.2. The SMILES string of the molecule is COC(=O)NNc1ccc([C@@]2(Cc3cccc4ccccc34)N=C(c3ccc(C)cc3)OC2=O)cc1OC. The predicted molar refractivity (Wildman–Crippen MR) is 145 cm³/mol.